The van der Waals surface area contributed by atoms with Crippen LogP contribution in [0.25, 0.3) is 0 Å². The summed E-state index contributed by atoms with van der Waals surface area (Å²) in [6.45, 7) is 2.52. The van der Waals surface area contributed by atoms with Crippen molar-refractivity contribution in [2.45, 2.75) is 13.0 Å². The summed E-state index contributed by atoms with van der Waals surface area (Å²) in [7, 11) is 0. The molecule has 19 heavy (non-hydrogen) atoms. The predicted molar refractivity (Wildman–Crippen MR) is 76.9 cm³/mol. The highest BCUT2D eigenvalue weighted by atomic mass is 16.2. The summed E-state index contributed by atoms with van der Waals surface area (Å²) in [6.07, 6.45) is 0. The van der Waals surface area contributed by atoms with Crippen LogP contribution >= 0.6 is 0 Å². The van der Waals surface area contributed by atoms with E-state index in [1.54, 1.807) is 0 Å². The number of nitrogens with one attached hydrogen (secondary N) is 2. The van der Waals surface area contributed by atoms with Crippen LogP contribution in [0.5, 0.6) is 0 Å². The molecule has 3 heteroatoms. The second-order valence-electron chi connectivity index (χ2n) is 4.26. The SMILES string of the molecule is CCNC(=O)NC(c1ccccc1)c1ccccc1. The van der Waals surface area contributed by atoms with Gasteiger partial charge in [0.2, 0.25) is 0 Å². The average Bonchev–Trinajstić information content (AvgIpc) is 2.47. The molecule has 0 saturated carbocycles. The van der Waals surface area contributed by atoms with Gasteiger partial charge in [-0.25, -0.2) is 4.79 Å². The molecule has 0 unspecified atom stereocenters. The quantitative estimate of drug-likeness (QED) is 0.865. The molecule has 3 nitrogen and oxygen atoms in total. The molecular weight excluding hydrogens is 236 g/mol. The maximum absolute atomic E-state index is 11.8. The standard InChI is InChI=1S/C16H18N2O/c1-2-17-16(19)18-15(13-9-5-3-6-10-13)14-11-7-4-8-12-14/h3-12,15H,2H2,1H3,(H2,17,18,19). The summed E-state index contributed by atoms with van der Waals surface area (Å²) in [5.74, 6) is 0. The largest absolute Gasteiger partial charge is 0.338 e. The molecule has 2 N–H and O–H groups in total. The molecule has 2 amide bonds. The van der Waals surface area contributed by atoms with Gasteiger partial charge in [-0.15, -0.1) is 0 Å². The molecule has 0 radical (unpaired) electrons. The van der Waals surface area contributed by atoms with Gasteiger partial charge in [-0.05, 0) is 18.1 Å². The Labute approximate surface area is 113 Å². The molecule has 0 atom stereocenters. The van der Waals surface area contributed by atoms with E-state index in [0.717, 1.165) is 11.1 Å². The Morgan fingerprint density at radius 1 is 0.947 bits per heavy atom. The number of rotatable bonds is 4. The van der Waals surface area contributed by atoms with Gasteiger partial charge in [0.05, 0.1) is 6.04 Å². The highest BCUT2D eigenvalue weighted by molar-refractivity contribution is 5.75. The third kappa shape index (κ3) is 3.58. The summed E-state index contributed by atoms with van der Waals surface area (Å²) in [4.78, 5) is 11.8. The van der Waals surface area contributed by atoms with E-state index in [-0.39, 0.29) is 12.1 Å². The molecule has 0 fully saturated rings. The molecule has 0 heterocycles. The number of carbonyl (C=O) groups is 1. The second kappa shape index (κ2) is 6.59. The summed E-state index contributed by atoms with van der Waals surface area (Å²) in [5.41, 5.74) is 2.14. The molecule has 0 aliphatic rings. The Hall–Kier alpha value is -2.29. The third-order valence-corrected chi connectivity index (χ3v) is 2.88. The van der Waals surface area contributed by atoms with Crippen LogP contribution in [0.2, 0.25) is 0 Å². The van der Waals surface area contributed by atoms with Crippen molar-refractivity contribution in [1.82, 2.24) is 10.6 Å². The Morgan fingerprint density at radius 3 is 1.84 bits per heavy atom. The van der Waals surface area contributed by atoms with Crippen molar-refractivity contribution in [1.29, 1.82) is 0 Å². The van der Waals surface area contributed by atoms with Crippen LogP contribution in [0.4, 0.5) is 4.79 Å². The summed E-state index contributed by atoms with van der Waals surface area (Å²) >= 11 is 0. The van der Waals surface area contributed by atoms with E-state index in [2.05, 4.69) is 10.6 Å². The maximum atomic E-state index is 11.8. The number of hydrogen-bond acceptors (Lipinski definition) is 1. The van der Waals surface area contributed by atoms with Crippen molar-refractivity contribution in [2.75, 3.05) is 6.54 Å². The van der Waals surface area contributed by atoms with Crippen LogP contribution in [-0.2, 0) is 0 Å². The minimum atomic E-state index is -0.153. The van der Waals surface area contributed by atoms with Gasteiger partial charge >= 0.3 is 6.03 Å². The van der Waals surface area contributed by atoms with Gasteiger partial charge in [-0.1, -0.05) is 60.7 Å². The lowest BCUT2D eigenvalue weighted by atomic mass is 9.99. The smallest absolute Gasteiger partial charge is 0.315 e. The van der Waals surface area contributed by atoms with Crippen LogP contribution < -0.4 is 10.6 Å². The van der Waals surface area contributed by atoms with E-state index >= 15 is 0 Å². The van der Waals surface area contributed by atoms with Crippen LogP contribution in [-0.4, -0.2) is 12.6 Å². The Bertz CT molecular complexity index is 471. The van der Waals surface area contributed by atoms with Crippen molar-refractivity contribution in [3.8, 4) is 0 Å². The zero-order valence-electron chi connectivity index (χ0n) is 11.0. The van der Waals surface area contributed by atoms with Crippen molar-refractivity contribution in [3.05, 3.63) is 71.8 Å². The lowest BCUT2D eigenvalue weighted by Gasteiger charge is -2.20. The first-order valence-electron chi connectivity index (χ1n) is 6.45. The monoisotopic (exact) mass is 254 g/mol. The van der Waals surface area contributed by atoms with E-state index in [0.29, 0.717) is 6.54 Å². The van der Waals surface area contributed by atoms with Gasteiger partial charge in [-0.2, -0.15) is 0 Å². The highest BCUT2D eigenvalue weighted by Crippen LogP contribution is 2.21. The normalized spacial score (nSPS) is 10.2. The van der Waals surface area contributed by atoms with Gasteiger partial charge in [0.15, 0.2) is 0 Å². The first kappa shape index (κ1) is 13.1. The summed E-state index contributed by atoms with van der Waals surface area (Å²) < 4.78 is 0. The lowest BCUT2D eigenvalue weighted by Crippen LogP contribution is -2.38. The molecule has 2 aromatic rings. The van der Waals surface area contributed by atoms with Crippen LogP contribution in [0.15, 0.2) is 60.7 Å². The van der Waals surface area contributed by atoms with Gasteiger partial charge in [0.25, 0.3) is 0 Å². The molecule has 0 aromatic heterocycles. The lowest BCUT2D eigenvalue weighted by molar-refractivity contribution is 0.239. The average molecular weight is 254 g/mol. The Kier molecular flexibility index (Phi) is 4.56. The molecule has 0 bridgehead atoms. The first-order chi connectivity index (χ1) is 9.31. The van der Waals surface area contributed by atoms with E-state index in [9.17, 15) is 4.79 Å². The fourth-order valence-electron chi connectivity index (χ4n) is 1.99. The Balaban J connectivity index is 2.26. The van der Waals surface area contributed by atoms with E-state index in [1.165, 1.54) is 0 Å². The number of urea groups is 1. The maximum Gasteiger partial charge on any atom is 0.315 e. The van der Waals surface area contributed by atoms with Gasteiger partial charge in [0.1, 0.15) is 0 Å². The summed E-state index contributed by atoms with van der Waals surface area (Å²) in [5, 5.41) is 5.77. The Morgan fingerprint density at radius 2 is 1.42 bits per heavy atom. The van der Waals surface area contributed by atoms with Crippen LogP contribution in [0.3, 0.4) is 0 Å². The van der Waals surface area contributed by atoms with Gasteiger partial charge in [-0.3, -0.25) is 0 Å². The molecule has 0 aliphatic heterocycles. The molecule has 0 aliphatic carbocycles. The zero-order valence-corrected chi connectivity index (χ0v) is 11.0. The fraction of sp³-hybridized carbons (Fsp3) is 0.188. The topological polar surface area (TPSA) is 41.1 Å². The van der Waals surface area contributed by atoms with Crippen molar-refractivity contribution in [3.63, 3.8) is 0 Å². The molecule has 2 aromatic carbocycles. The van der Waals surface area contributed by atoms with Gasteiger partial charge < -0.3 is 10.6 Å². The van der Waals surface area contributed by atoms with Crippen molar-refractivity contribution in [2.24, 2.45) is 0 Å². The van der Waals surface area contributed by atoms with Crippen molar-refractivity contribution >= 4 is 6.03 Å². The van der Waals surface area contributed by atoms with E-state index < -0.39 is 0 Å². The zero-order chi connectivity index (χ0) is 13.5. The number of amides is 2. The third-order valence-electron chi connectivity index (χ3n) is 2.88. The predicted octanol–water partition coefficient (Wildman–Crippen LogP) is 3.10. The first-order valence-corrected chi connectivity index (χ1v) is 6.45. The van der Waals surface area contributed by atoms with E-state index in [4.69, 9.17) is 0 Å². The fourth-order valence-corrected chi connectivity index (χ4v) is 1.99. The minimum Gasteiger partial charge on any atom is -0.338 e. The molecule has 0 spiro atoms. The van der Waals surface area contributed by atoms with Crippen LogP contribution in [0, 0.1) is 0 Å². The number of benzene rings is 2. The van der Waals surface area contributed by atoms with Gasteiger partial charge in [0, 0.05) is 6.54 Å². The van der Waals surface area contributed by atoms with E-state index in [1.807, 2.05) is 67.6 Å². The molecule has 2 rings (SSSR count). The molecule has 98 valence electrons. The molecular formula is C16H18N2O. The second-order valence-corrected chi connectivity index (χ2v) is 4.26. The summed E-state index contributed by atoms with van der Waals surface area (Å²) in [6, 6.07) is 19.6. The highest BCUT2D eigenvalue weighted by Gasteiger charge is 2.15. The van der Waals surface area contributed by atoms with Crippen molar-refractivity contribution < 1.29 is 4.79 Å². The number of carbonyl (C=O) groups excluding carboxylic acids is 1. The minimum absolute atomic E-state index is 0.131. The van der Waals surface area contributed by atoms with Crippen LogP contribution in [0.1, 0.15) is 24.1 Å². The molecule has 0 saturated heterocycles. The number of hydrogen-bond donors (Lipinski definition) is 2.